The highest BCUT2D eigenvalue weighted by molar-refractivity contribution is 5.33. The zero-order chi connectivity index (χ0) is 13.9. The second-order valence-electron chi connectivity index (χ2n) is 4.61. The summed E-state index contributed by atoms with van der Waals surface area (Å²) in [6, 6.07) is 7.10. The Morgan fingerprint density at radius 1 is 1.37 bits per heavy atom. The number of methoxy groups -OCH3 is 1. The van der Waals surface area contributed by atoms with Crippen molar-refractivity contribution >= 4 is 0 Å². The molecule has 1 aromatic heterocycles. The number of nitrogens with zero attached hydrogens (tertiary/aromatic N) is 2. The number of aromatic nitrogens is 2. The summed E-state index contributed by atoms with van der Waals surface area (Å²) < 4.78 is 10.6. The normalized spacial score (nSPS) is 14.3. The van der Waals surface area contributed by atoms with E-state index in [1.807, 2.05) is 26.0 Å². The van der Waals surface area contributed by atoms with Gasteiger partial charge in [-0.25, -0.2) is 0 Å². The van der Waals surface area contributed by atoms with E-state index in [1.54, 1.807) is 19.2 Å². The number of benzene rings is 1. The zero-order valence-electron chi connectivity index (χ0n) is 11.4. The van der Waals surface area contributed by atoms with Crippen LogP contribution in [-0.4, -0.2) is 22.4 Å². The van der Waals surface area contributed by atoms with Crippen molar-refractivity contribution in [2.75, 3.05) is 7.11 Å². The van der Waals surface area contributed by atoms with Crippen LogP contribution in [0.4, 0.5) is 0 Å². The first-order valence-electron chi connectivity index (χ1n) is 6.24. The van der Waals surface area contributed by atoms with Crippen LogP contribution in [0.15, 0.2) is 28.8 Å². The summed E-state index contributed by atoms with van der Waals surface area (Å²) >= 11 is 0. The Hall–Kier alpha value is -1.88. The van der Waals surface area contributed by atoms with Gasteiger partial charge in [-0.15, -0.1) is 0 Å². The fraction of sp³-hybridized carbons (Fsp3) is 0.429. The molecule has 0 saturated heterocycles. The minimum atomic E-state index is -0.541. The maximum Gasteiger partial charge on any atom is 0.231 e. The number of aromatic hydroxyl groups is 1. The van der Waals surface area contributed by atoms with Crippen molar-refractivity contribution in [3.63, 3.8) is 0 Å². The molecule has 19 heavy (non-hydrogen) atoms. The van der Waals surface area contributed by atoms with E-state index in [-0.39, 0.29) is 5.75 Å². The molecule has 0 aliphatic carbocycles. The van der Waals surface area contributed by atoms with E-state index in [1.165, 1.54) is 0 Å². The van der Waals surface area contributed by atoms with Gasteiger partial charge in [0.2, 0.25) is 11.7 Å². The first-order valence-corrected chi connectivity index (χ1v) is 6.24. The van der Waals surface area contributed by atoms with Crippen molar-refractivity contribution in [3.05, 3.63) is 41.5 Å². The summed E-state index contributed by atoms with van der Waals surface area (Å²) in [4.78, 5) is 4.35. The van der Waals surface area contributed by atoms with E-state index in [4.69, 9.17) is 9.26 Å². The molecule has 1 atom stereocenters. The van der Waals surface area contributed by atoms with Gasteiger partial charge in [-0.2, -0.15) is 4.98 Å². The highest BCUT2D eigenvalue weighted by atomic mass is 16.5. The van der Waals surface area contributed by atoms with E-state index in [0.29, 0.717) is 18.1 Å². The van der Waals surface area contributed by atoms with Crippen LogP contribution in [0, 0.1) is 0 Å². The molecule has 5 heteroatoms. The lowest BCUT2D eigenvalue weighted by molar-refractivity contribution is -0.0106. The van der Waals surface area contributed by atoms with Crippen LogP contribution in [0.25, 0.3) is 0 Å². The first kappa shape index (κ1) is 13.5. The largest absolute Gasteiger partial charge is 0.508 e. The monoisotopic (exact) mass is 262 g/mol. The smallest absolute Gasteiger partial charge is 0.231 e. The molecule has 1 N–H and O–H groups in total. The molecule has 0 radical (unpaired) electrons. The molecule has 1 aromatic carbocycles. The van der Waals surface area contributed by atoms with Crippen molar-refractivity contribution in [2.45, 2.75) is 32.3 Å². The first-order chi connectivity index (χ1) is 9.09. The van der Waals surface area contributed by atoms with Crippen molar-refractivity contribution in [2.24, 2.45) is 0 Å². The third kappa shape index (κ3) is 2.76. The molecular weight excluding hydrogens is 244 g/mol. The van der Waals surface area contributed by atoms with Gasteiger partial charge in [-0.1, -0.05) is 30.3 Å². The number of para-hydroxylation sites is 1. The lowest BCUT2D eigenvalue weighted by Gasteiger charge is -2.21. The van der Waals surface area contributed by atoms with Gasteiger partial charge in [-0.3, -0.25) is 0 Å². The van der Waals surface area contributed by atoms with Crippen LogP contribution in [0.3, 0.4) is 0 Å². The average Bonchev–Trinajstić information content (AvgIpc) is 2.90. The Kier molecular flexibility index (Phi) is 3.85. The summed E-state index contributed by atoms with van der Waals surface area (Å²) in [5, 5.41) is 13.7. The lowest BCUT2D eigenvalue weighted by atomic mass is 10.0. The summed E-state index contributed by atoms with van der Waals surface area (Å²) in [7, 11) is 1.63. The van der Waals surface area contributed by atoms with Crippen LogP contribution in [0.1, 0.15) is 37.5 Å². The molecule has 0 amide bonds. The summed E-state index contributed by atoms with van der Waals surface area (Å²) in [6.07, 6.45) is 1.16. The summed E-state index contributed by atoms with van der Waals surface area (Å²) in [5.74, 6) is 1.23. The molecule has 0 bridgehead atoms. The number of rotatable bonds is 5. The van der Waals surface area contributed by atoms with Gasteiger partial charge >= 0.3 is 0 Å². The van der Waals surface area contributed by atoms with Crippen molar-refractivity contribution in [3.8, 4) is 5.75 Å². The minimum Gasteiger partial charge on any atom is -0.508 e. The van der Waals surface area contributed by atoms with Gasteiger partial charge in [0.25, 0.3) is 0 Å². The van der Waals surface area contributed by atoms with Crippen molar-refractivity contribution in [1.82, 2.24) is 10.1 Å². The maximum absolute atomic E-state index is 9.72. The molecule has 5 nitrogen and oxygen atoms in total. The van der Waals surface area contributed by atoms with Gasteiger partial charge in [0, 0.05) is 12.7 Å². The van der Waals surface area contributed by atoms with Crippen LogP contribution in [0.5, 0.6) is 5.75 Å². The van der Waals surface area contributed by atoms with E-state index >= 15 is 0 Å². The highest BCUT2D eigenvalue weighted by Crippen LogP contribution is 2.26. The van der Waals surface area contributed by atoms with E-state index < -0.39 is 5.60 Å². The molecule has 0 fully saturated rings. The summed E-state index contributed by atoms with van der Waals surface area (Å²) in [5.41, 5.74) is 0.217. The number of hydrogen-bond donors (Lipinski definition) is 1. The zero-order valence-corrected chi connectivity index (χ0v) is 11.4. The Morgan fingerprint density at radius 3 is 2.74 bits per heavy atom. The fourth-order valence-corrected chi connectivity index (χ4v) is 1.76. The van der Waals surface area contributed by atoms with Gasteiger partial charge < -0.3 is 14.4 Å². The van der Waals surface area contributed by atoms with Gasteiger partial charge in [0.1, 0.15) is 11.4 Å². The molecular formula is C14H18N2O3. The van der Waals surface area contributed by atoms with E-state index in [0.717, 1.165) is 12.0 Å². The second-order valence-corrected chi connectivity index (χ2v) is 4.61. The van der Waals surface area contributed by atoms with Crippen molar-refractivity contribution in [1.29, 1.82) is 0 Å². The van der Waals surface area contributed by atoms with Gasteiger partial charge in [-0.05, 0) is 19.4 Å². The molecule has 0 aliphatic heterocycles. The molecule has 1 unspecified atom stereocenters. The molecule has 0 spiro atoms. The SMILES string of the molecule is CCC(C)(OC)c1noc(Cc2ccccc2O)n1. The topological polar surface area (TPSA) is 68.4 Å². The predicted molar refractivity (Wildman–Crippen MR) is 69.9 cm³/mol. The number of phenolic OH excluding ortho intramolecular Hbond substituents is 1. The Balaban J connectivity index is 2.21. The number of hydrogen-bond acceptors (Lipinski definition) is 5. The standard InChI is InChI=1S/C14H18N2O3/c1-4-14(2,18-3)13-15-12(19-16-13)9-10-7-5-6-8-11(10)17/h5-8,17H,4,9H2,1-3H3. The lowest BCUT2D eigenvalue weighted by Crippen LogP contribution is -2.24. The minimum absolute atomic E-state index is 0.229. The van der Waals surface area contributed by atoms with E-state index in [2.05, 4.69) is 10.1 Å². The van der Waals surface area contributed by atoms with Gasteiger partial charge in [0.15, 0.2) is 0 Å². The van der Waals surface area contributed by atoms with Crippen LogP contribution in [-0.2, 0) is 16.8 Å². The highest BCUT2D eigenvalue weighted by Gasteiger charge is 2.30. The fourth-order valence-electron chi connectivity index (χ4n) is 1.76. The Bertz CT molecular complexity index is 547. The quantitative estimate of drug-likeness (QED) is 0.897. The molecule has 2 aromatic rings. The van der Waals surface area contributed by atoms with E-state index in [9.17, 15) is 5.11 Å². The average molecular weight is 262 g/mol. The van der Waals surface area contributed by atoms with Crippen LogP contribution >= 0.6 is 0 Å². The van der Waals surface area contributed by atoms with Crippen LogP contribution in [0.2, 0.25) is 0 Å². The number of ether oxygens (including phenoxy) is 1. The molecule has 102 valence electrons. The molecule has 0 saturated carbocycles. The van der Waals surface area contributed by atoms with Crippen molar-refractivity contribution < 1.29 is 14.4 Å². The van der Waals surface area contributed by atoms with Gasteiger partial charge in [0.05, 0.1) is 6.42 Å². The molecule has 0 aliphatic rings. The third-order valence-electron chi connectivity index (χ3n) is 3.40. The predicted octanol–water partition coefficient (Wildman–Crippen LogP) is 2.64. The molecule has 1 heterocycles. The second kappa shape index (κ2) is 5.40. The maximum atomic E-state index is 9.72. The summed E-state index contributed by atoms with van der Waals surface area (Å²) in [6.45, 7) is 3.92. The van der Waals surface area contributed by atoms with Crippen LogP contribution < -0.4 is 0 Å². The Labute approximate surface area is 112 Å². The third-order valence-corrected chi connectivity index (χ3v) is 3.40. The molecule has 2 rings (SSSR count). The number of phenols is 1. The Morgan fingerprint density at radius 2 is 2.11 bits per heavy atom.